The molecule has 1 heterocycles. The minimum Gasteiger partial charge on any atom is -0.493 e. The number of aromatic nitrogens is 2. The Morgan fingerprint density at radius 3 is 2.09 bits per heavy atom. The molecule has 2 aromatic rings. The van der Waals surface area contributed by atoms with E-state index in [1.165, 1.54) is 0 Å². The predicted octanol–water partition coefficient (Wildman–Crippen LogP) is 5.54. The van der Waals surface area contributed by atoms with Crippen LogP contribution in [0.4, 0.5) is 0 Å². The highest BCUT2D eigenvalue weighted by Gasteiger charge is 2.25. The summed E-state index contributed by atoms with van der Waals surface area (Å²) in [5.74, 6) is 1.48. The van der Waals surface area contributed by atoms with Crippen molar-refractivity contribution in [3.05, 3.63) is 23.7 Å². The zero-order valence-electron chi connectivity index (χ0n) is 20.1. The smallest absolute Gasteiger partial charge is 0.358 e. The van der Waals surface area contributed by atoms with Crippen molar-refractivity contribution in [1.82, 2.24) is 9.97 Å². The number of esters is 1. The second-order valence-electron chi connectivity index (χ2n) is 8.41. The van der Waals surface area contributed by atoms with E-state index in [1.807, 2.05) is 20.8 Å². The molecule has 0 amide bonds. The highest BCUT2D eigenvalue weighted by atomic mass is 32.1. The predicted molar refractivity (Wildman–Crippen MR) is 127 cm³/mol. The van der Waals surface area contributed by atoms with Crippen molar-refractivity contribution in [3.8, 4) is 28.5 Å². The normalized spacial score (nSPS) is 11.2. The molecule has 32 heavy (non-hydrogen) atoms. The van der Waals surface area contributed by atoms with E-state index in [4.69, 9.17) is 23.9 Å². The summed E-state index contributed by atoms with van der Waals surface area (Å²) in [7, 11) is 4.64. The molecule has 8 heteroatoms. The first-order chi connectivity index (χ1) is 15.1. The van der Waals surface area contributed by atoms with Gasteiger partial charge in [-0.05, 0) is 39.3 Å². The Kier molecular flexibility index (Phi) is 9.19. The Morgan fingerprint density at radius 2 is 1.59 bits per heavy atom. The molecule has 1 aromatic heterocycles. The van der Waals surface area contributed by atoms with E-state index in [1.54, 1.807) is 33.5 Å². The fraction of sp³-hybridized carbons (Fsp3) is 0.542. The Hall–Kier alpha value is -2.48. The van der Waals surface area contributed by atoms with E-state index in [9.17, 15) is 4.79 Å². The SMILES string of the molecule is CCCCCCc1nc(C(=O)OC(C)(C)C)c(S)c(-c2cc(OC)c(OC)c(OC)c2)n1. The van der Waals surface area contributed by atoms with Crippen molar-refractivity contribution in [3.63, 3.8) is 0 Å². The van der Waals surface area contributed by atoms with Gasteiger partial charge in [-0.1, -0.05) is 26.2 Å². The van der Waals surface area contributed by atoms with Crippen LogP contribution in [0.2, 0.25) is 0 Å². The third-order valence-corrected chi connectivity index (χ3v) is 5.14. The number of hydrogen-bond acceptors (Lipinski definition) is 8. The summed E-state index contributed by atoms with van der Waals surface area (Å²) in [6.07, 6.45) is 4.94. The molecule has 0 saturated carbocycles. The molecule has 0 radical (unpaired) electrons. The van der Waals surface area contributed by atoms with Crippen LogP contribution in [0.5, 0.6) is 17.2 Å². The third kappa shape index (κ3) is 6.51. The molecular weight excluding hydrogens is 428 g/mol. The van der Waals surface area contributed by atoms with Crippen LogP contribution in [0.15, 0.2) is 17.0 Å². The van der Waals surface area contributed by atoms with Crippen LogP contribution in [-0.2, 0) is 11.2 Å². The van der Waals surface area contributed by atoms with Crippen LogP contribution < -0.4 is 14.2 Å². The quantitative estimate of drug-likeness (QED) is 0.282. The zero-order valence-corrected chi connectivity index (χ0v) is 21.0. The molecular formula is C24H34N2O5S. The Balaban J connectivity index is 2.62. The maximum Gasteiger partial charge on any atom is 0.358 e. The molecule has 0 N–H and O–H groups in total. The Labute approximate surface area is 196 Å². The number of hydrogen-bond donors (Lipinski definition) is 1. The molecule has 0 saturated heterocycles. The van der Waals surface area contributed by atoms with Gasteiger partial charge in [-0.25, -0.2) is 14.8 Å². The van der Waals surface area contributed by atoms with Gasteiger partial charge in [0.05, 0.1) is 31.9 Å². The van der Waals surface area contributed by atoms with Crippen molar-refractivity contribution in [1.29, 1.82) is 0 Å². The number of thiol groups is 1. The monoisotopic (exact) mass is 462 g/mol. The summed E-state index contributed by atoms with van der Waals surface area (Å²) in [5.41, 5.74) is 0.670. The molecule has 0 spiro atoms. The van der Waals surface area contributed by atoms with E-state index in [2.05, 4.69) is 24.5 Å². The fourth-order valence-corrected chi connectivity index (χ4v) is 3.53. The maximum atomic E-state index is 12.9. The van der Waals surface area contributed by atoms with Gasteiger partial charge in [-0.2, -0.15) is 0 Å². The second kappa shape index (κ2) is 11.4. The van der Waals surface area contributed by atoms with Crippen LogP contribution >= 0.6 is 12.6 Å². The van der Waals surface area contributed by atoms with Gasteiger partial charge >= 0.3 is 5.97 Å². The number of carbonyl (C=O) groups excluding carboxylic acids is 1. The fourth-order valence-electron chi connectivity index (χ4n) is 3.21. The topological polar surface area (TPSA) is 79.8 Å². The van der Waals surface area contributed by atoms with Crippen LogP contribution in [0.3, 0.4) is 0 Å². The zero-order chi connectivity index (χ0) is 23.9. The van der Waals surface area contributed by atoms with Gasteiger partial charge in [0.2, 0.25) is 5.75 Å². The van der Waals surface area contributed by atoms with Crippen LogP contribution in [0.1, 0.15) is 69.7 Å². The van der Waals surface area contributed by atoms with Gasteiger partial charge in [-0.15, -0.1) is 12.6 Å². The van der Waals surface area contributed by atoms with E-state index in [0.29, 0.717) is 45.6 Å². The highest BCUT2D eigenvalue weighted by molar-refractivity contribution is 7.80. The lowest BCUT2D eigenvalue weighted by molar-refractivity contribution is 0.00579. The van der Waals surface area contributed by atoms with E-state index >= 15 is 0 Å². The summed E-state index contributed by atoms with van der Waals surface area (Å²) < 4.78 is 22.0. The van der Waals surface area contributed by atoms with Crippen LogP contribution in [-0.4, -0.2) is 42.9 Å². The van der Waals surface area contributed by atoms with Crippen LogP contribution in [0, 0.1) is 0 Å². The largest absolute Gasteiger partial charge is 0.493 e. The number of benzene rings is 1. The van der Waals surface area contributed by atoms with E-state index in [-0.39, 0.29) is 5.69 Å². The van der Waals surface area contributed by atoms with Gasteiger partial charge in [0.15, 0.2) is 17.2 Å². The summed E-state index contributed by atoms with van der Waals surface area (Å²) in [4.78, 5) is 22.5. The minimum absolute atomic E-state index is 0.146. The van der Waals surface area contributed by atoms with Crippen molar-refractivity contribution >= 4 is 18.6 Å². The lowest BCUT2D eigenvalue weighted by Gasteiger charge is -2.20. The lowest BCUT2D eigenvalue weighted by atomic mass is 10.1. The number of carbonyl (C=O) groups is 1. The molecule has 0 aliphatic carbocycles. The number of aryl methyl sites for hydroxylation is 1. The van der Waals surface area contributed by atoms with Crippen molar-refractivity contribution in [2.75, 3.05) is 21.3 Å². The molecule has 2 rings (SSSR count). The minimum atomic E-state index is -0.656. The molecule has 0 atom stereocenters. The average molecular weight is 463 g/mol. The summed E-state index contributed by atoms with van der Waals surface area (Å²) >= 11 is 4.62. The van der Waals surface area contributed by atoms with Crippen molar-refractivity contribution in [2.45, 2.75) is 70.3 Å². The summed E-state index contributed by atoms with van der Waals surface area (Å²) in [5, 5.41) is 0. The summed E-state index contributed by atoms with van der Waals surface area (Å²) in [6.45, 7) is 7.61. The maximum absolute atomic E-state index is 12.9. The highest BCUT2D eigenvalue weighted by Crippen LogP contribution is 2.42. The van der Waals surface area contributed by atoms with Crippen LogP contribution in [0.25, 0.3) is 11.3 Å². The molecule has 0 aliphatic heterocycles. The van der Waals surface area contributed by atoms with E-state index < -0.39 is 11.6 Å². The number of methoxy groups -OCH3 is 3. The van der Waals surface area contributed by atoms with Crippen molar-refractivity contribution < 1.29 is 23.7 Å². The molecule has 0 fully saturated rings. The average Bonchev–Trinajstić information content (AvgIpc) is 2.75. The lowest BCUT2D eigenvalue weighted by Crippen LogP contribution is -2.25. The first-order valence-corrected chi connectivity index (χ1v) is 11.2. The standard InChI is InChI=1S/C24H34N2O5S/c1-8-9-10-11-12-18-25-19(22(32)20(26-18)23(27)31-24(2,3)4)15-13-16(28-5)21(30-7)17(14-15)29-6/h13-14,32H,8-12H2,1-7H3. The van der Waals surface area contributed by atoms with Gasteiger partial charge in [0.25, 0.3) is 0 Å². The molecule has 0 bridgehead atoms. The Morgan fingerprint density at radius 1 is 0.969 bits per heavy atom. The third-order valence-electron chi connectivity index (χ3n) is 4.71. The number of unbranched alkanes of at least 4 members (excludes halogenated alkanes) is 3. The van der Waals surface area contributed by atoms with Crippen molar-refractivity contribution in [2.24, 2.45) is 0 Å². The molecule has 1 aromatic carbocycles. The Bertz CT molecular complexity index is 916. The molecule has 176 valence electrons. The molecule has 0 aliphatic rings. The van der Waals surface area contributed by atoms with Gasteiger partial charge in [0, 0.05) is 12.0 Å². The number of ether oxygens (including phenoxy) is 4. The van der Waals surface area contributed by atoms with Gasteiger partial charge in [0.1, 0.15) is 11.4 Å². The van der Waals surface area contributed by atoms with Gasteiger partial charge < -0.3 is 18.9 Å². The number of rotatable bonds is 10. The first kappa shape index (κ1) is 25.8. The van der Waals surface area contributed by atoms with Gasteiger partial charge in [-0.3, -0.25) is 0 Å². The summed E-state index contributed by atoms with van der Waals surface area (Å²) in [6, 6.07) is 3.56. The second-order valence-corrected chi connectivity index (χ2v) is 8.86. The number of nitrogens with zero attached hydrogens (tertiary/aromatic N) is 2. The van der Waals surface area contributed by atoms with E-state index in [0.717, 1.165) is 25.7 Å². The molecule has 0 unspecified atom stereocenters. The molecule has 7 nitrogen and oxygen atoms in total. The first-order valence-electron chi connectivity index (χ1n) is 10.8.